The zero-order chi connectivity index (χ0) is 23.4. The molecule has 0 aliphatic carbocycles. The maximum absolute atomic E-state index is 13.4. The van der Waals surface area contributed by atoms with Gasteiger partial charge < -0.3 is 9.47 Å². The van der Waals surface area contributed by atoms with E-state index in [-0.39, 0.29) is 6.61 Å². The van der Waals surface area contributed by atoms with E-state index in [2.05, 4.69) is 15.9 Å². The van der Waals surface area contributed by atoms with Gasteiger partial charge in [0.1, 0.15) is 0 Å². The van der Waals surface area contributed by atoms with Crippen LogP contribution >= 0.6 is 15.9 Å². The van der Waals surface area contributed by atoms with Gasteiger partial charge in [0, 0.05) is 21.0 Å². The lowest BCUT2D eigenvalue weighted by atomic mass is 10.0. The number of carbonyl (C=O) groups is 2. The summed E-state index contributed by atoms with van der Waals surface area (Å²) in [5.74, 6) is -1.24. The Kier molecular flexibility index (Phi) is 6.84. The molecule has 0 aliphatic heterocycles. The molecule has 1 heterocycles. The molecule has 0 saturated heterocycles. The van der Waals surface area contributed by atoms with Crippen molar-refractivity contribution in [2.45, 2.75) is 20.0 Å². The van der Waals surface area contributed by atoms with Crippen LogP contribution in [-0.4, -0.2) is 23.5 Å². The lowest BCUT2D eigenvalue weighted by Gasteiger charge is -2.18. The highest BCUT2D eigenvalue weighted by molar-refractivity contribution is 9.10. The Hall–Kier alpha value is -3.51. The maximum Gasteiger partial charge on any atom is 0.352 e. The fourth-order valence-electron chi connectivity index (χ4n) is 3.51. The molecule has 0 unspecified atom stereocenters. The summed E-state index contributed by atoms with van der Waals surface area (Å²) in [5, 5.41) is 0.626. The summed E-state index contributed by atoms with van der Waals surface area (Å²) in [7, 11) is 0. The van der Waals surface area contributed by atoms with Gasteiger partial charge in [0.15, 0.2) is 0 Å². The highest BCUT2D eigenvalue weighted by atomic mass is 79.9. The van der Waals surface area contributed by atoms with Crippen LogP contribution in [0.5, 0.6) is 0 Å². The summed E-state index contributed by atoms with van der Waals surface area (Å²) in [6, 6.07) is 24.0. The quantitative estimate of drug-likeness (QED) is 0.283. The van der Waals surface area contributed by atoms with Crippen molar-refractivity contribution in [2.24, 2.45) is 0 Å². The molecule has 3 aromatic carbocycles. The number of ether oxygens (including phenoxy) is 2. The first-order chi connectivity index (χ1) is 16.0. The molecule has 0 N–H and O–H groups in total. The van der Waals surface area contributed by atoms with Crippen LogP contribution < -0.4 is 0 Å². The highest BCUT2D eigenvalue weighted by Gasteiger charge is 2.28. The number of aromatic nitrogens is 1. The molecule has 6 heteroatoms. The zero-order valence-corrected chi connectivity index (χ0v) is 19.8. The van der Waals surface area contributed by atoms with Crippen LogP contribution in [-0.2, 0) is 14.3 Å². The molecule has 166 valence electrons. The van der Waals surface area contributed by atoms with Crippen molar-refractivity contribution in [3.63, 3.8) is 0 Å². The molecule has 0 bridgehead atoms. The van der Waals surface area contributed by atoms with Gasteiger partial charge in [-0.15, -0.1) is 0 Å². The summed E-state index contributed by atoms with van der Waals surface area (Å²) in [4.78, 5) is 30.8. The van der Waals surface area contributed by atoms with E-state index in [9.17, 15) is 9.59 Å². The Morgan fingerprint density at radius 1 is 0.970 bits per heavy atom. The SMILES string of the molecule is CCOC(=O)[C@H](OC(=O)c1cc(-c2ccc(C)cc2)nc2ccc(Br)cc12)c1ccccc1. The Morgan fingerprint density at radius 3 is 2.39 bits per heavy atom. The first-order valence-electron chi connectivity index (χ1n) is 10.6. The molecule has 0 spiro atoms. The largest absolute Gasteiger partial charge is 0.463 e. The number of hydrogen-bond donors (Lipinski definition) is 0. The van der Waals surface area contributed by atoms with E-state index in [1.54, 1.807) is 37.3 Å². The summed E-state index contributed by atoms with van der Waals surface area (Å²) < 4.78 is 11.7. The molecule has 0 fully saturated rings. The van der Waals surface area contributed by atoms with E-state index in [0.29, 0.717) is 27.7 Å². The summed E-state index contributed by atoms with van der Waals surface area (Å²) in [5.41, 5.74) is 4.16. The normalized spacial score (nSPS) is 11.7. The van der Waals surface area contributed by atoms with Crippen molar-refractivity contribution in [1.29, 1.82) is 0 Å². The monoisotopic (exact) mass is 503 g/mol. The van der Waals surface area contributed by atoms with E-state index in [4.69, 9.17) is 14.5 Å². The number of fused-ring (bicyclic) bond motifs is 1. The fourth-order valence-corrected chi connectivity index (χ4v) is 3.87. The number of pyridine rings is 1. The van der Waals surface area contributed by atoms with Gasteiger partial charge in [-0.25, -0.2) is 14.6 Å². The molecule has 1 atom stereocenters. The Morgan fingerprint density at radius 2 is 1.70 bits per heavy atom. The topological polar surface area (TPSA) is 65.5 Å². The third-order valence-corrected chi connectivity index (χ3v) is 5.66. The minimum absolute atomic E-state index is 0.183. The lowest BCUT2D eigenvalue weighted by molar-refractivity contribution is -0.153. The van der Waals surface area contributed by atoms with Gasteiger partial charge in [-0.1, -0.05) is 76.1 Å². The standard InChI is InChI=1S/C27H22BrNO4/c1-3-32-27(31)25(19-7-5-4-6-8-19)33-26(30)22-16-24(18-11-9-17(2)10-12-18)29-23-14-13-20(28)15-21(22)23/h4-16,25H,3H2,1-2H3/t25-/m1/s1. The van der Waals surface area contributed by atoms with Crippen LogP contribution in [0.1, 0.15) is 34.5 Å². The maximum atomic E-state index is 13.4. The molecule has 0 saturated carbocycles. The Labute approximate surface area is 200 Å². The molecule has 5 nitrogen and oxygen atoms in total. The van der Waals surface area contributed by atoms with E-state index in [0.717, 1.165) is 15.6 Å². The Balaban J connectivity index is 1.79. The third kappa shape index (κ3) is 5.12. The average Bonchev–Trinajstić information content (AvgIpc) is 2.83. The molecule has 4 aromatic rings. The second kappa shape index (κ2) is 9.96. The minimum atomic E-state index is -1.17. The van der Waals surface area contributed by atoms with Crippen molar-refractivity contribution in [3.05, 3.63) is 100 Å². The number of esters is 2. The summed E-state index contributed by atoms with van der Waals surface area (Å²) >= 11 is 3.46. The number of hydrogen-bond acceptors (Lipinski definition) is 5. The molecule has 0 radical (unpaired) electrons. The van der Waals surface area contributed by atoms with Crippen LogP contribution in [0.25, 0.3) is 22.2 Å². The average molecular weight is 504 g/mol. The predicted molar refractivity (Wildman–Crippen MR) is 131 cm³/mol. The van der Waals surface area contributed by atoms with Gasteiger partial charge in [0.2, 0.25) is 6.10 Å². The fraction of sp³-hybridized carbons (Fsp3) is 0.148. The van der Waals surface area contributed by atoms with Crippen LogP contribution in [0.2, 0.25) is 0 Å². The van der Waals surface area contributed by atoms with E-state index < -0.39 is 18.0 Å². The number of nitrogens with zero attached hydrogens (tertiary/aromatic N) is 1. The molecule has 0 aliphatic rings. The van der Waals surface area contributed by atoms with Crippen LogP contribution in [0.4, 0.5) is 0 Å². The van der Waals surface area contributed by atoms with Gasteiger partial charge >= 0.3 is 11.9 Å². The van der Waals surface area contributed by atoms with Gasteiger partial charge in [0.05, 0.1) is 23.4 Å². The van der Waals surface area contributed by atoms with Crippen molar-refractivity contribution in [2.75, 3.05) is 6.61 Å². The van der Waals surface area contributed by atoms with Gasteiger partial charge in [-0.3, -0.25) is 0 Å². The zero-order valence-electron chi connectivity index (χ0n) is 18.2. The molecule has 1 aromatic heterocycles. The van der Waals surface area contributed by atoms with Crippen molar-refractivity contribution >= 4 is 38.8 Å². The third-order valence-electron chi connectivity index (χ3n) is 5.17. The van der Waals surface area contributed by atoms with Gasteiger partial charge in [0.25, 0.3) is 0 Å². The second-order valence-corrected chi connectivity index (χ2v) is 8.45. The van der Waals surface area contributed by atoms with Crippen molar-refractivity contribution in [1.82, 2.24) is 4.98 Å². The first-order valence-corrected chi connectivity index (χ1v) is 11.4. The summed E-state index contributed by atoms with van der Waals surface area (Å²) in [6.45, 7) is 3.91. The van der Waals surface area contributed by atoms with E-state index in [1.165, 1.54) is 0 Å². The smallest absolute Gasteiger partial charge is 0.352 e. The van der Waals surface area contributed by atoms with Crippen molar-refractivity contribution < 1.29 is 19.1 Å². The second-order valence-electron chi connectivity index (χ2n) is 7.53. The number of benzene rings is 3. The first kappa shape index (κ1) is 22.7. The van der Waals surface area contributed by atoms with Gasteiger partial charge in [-0.05, 0) is 38.1 Å². The van der Waals surface area contributed by atoms with Crippen LogP contribution in [0.3, 0.4) is 0 Å². The molecular formula is C27H22BrNO4. The number of rotatable bonds is 6. The molecule has 4 rings (SSSR count). The van der Waals surface area contributed by atoms with E-state index >= 15 is 0 Å². The number of aryl methyl sites for hydroxylation is 1. The lowest BCUT2D eigenvalue weighted by Crippen LogP contribution is -2.22. The van der Waals surface area contributed by atoms with Crippen LogP contribution in [0.15, 0.2) is 83.3 Å². The molecule has 0 amide bonds. The van der Waals surface area contributed by atoms with Gasteiger partial charge in [-0.2, -0.15) is 0 Å². The predicted octanol–water partition coefficient (Wildman–Crippen LogP) is 6.43. The molecule has 33 heavy (non-hydrogen) atoms. The number of carbonyl (C=O) groups excluding carboxylic acids is 2. The van der Waals surface area contributed by atoms with E-state index in [1.807, 2.05) is 55.5 Å². The molecular weight excluding hydrogens is 482 g/mol. The highest BCUT2D eigenvalue weighted by Crippen LogP contribution is 2.30. The Bertz CT molecular complexity index is 1300. The van der Waals surface area contributed by atoms with Crippen LogP contribution in [0, 0.1) is 6.92 Å². The van der Waals surface area contributed by atoms with Crippen molar-refractivity contribution in [3.8, 4) is 11.3 Å². The summed E-state index contributed by atoms with van der Waals surface area (Å²) in [6.07, 6.45) is -1.17. The minimum Gasteiger partial charge on any atom is -0.463 e. The number of halogens is 1.